The van der Waals surface area contributed by atoms with Gasteiger partial charge in [0.2, 0.25) is 0 Å². The number of carbonyl (C=O) groups is 1. The molecule has 0 bridgehead atoms. The van der Waals surface area contributed by atoms with Gasteiger partial charge in [-0.3, -0.25) is 0 Å². The van der Waals surface area contributed by atoms with Crippen LogP contribution in [0.3, 0.4) is 0 Å². The Kier molecular flexibility index (Phi) is 11.0. The Morgan fingerprint density at radius 3 is 2.42 bits per heavy atom. The standard InChI is InChI=1S/C32H36O6/c1-5-6-7-11-21-35-26-18-13-19-27-28(26)29(36-22-20-24(4)15-12-14-23(2)3)30(32(34)37-27)38-31(33)25-16-9-8-10-17-25/h6-10,13-14,16-20H,5,11-12,15,21-22H2,1-4H3/b7-6+,24-20+. The summed E-state index contributed by atoms with van der Waals surface area (Å²) in [4.78, 5) is 25.8. The molecule has 6 heteroatoms. The van der Waals surface area contributed by atoms with Crippen molar-refractivity contribution in [3.8, 4) is 17.2 Å². The van der Waals surface area contributed by atoms with E-state index >= 15 is 0 Å². The number of hydrogen-bond acceptors (Lipinski definition) is 6. The fraction of sp³-hybridized carbons (Fsp3) is 0.312. The van der Waals surface area contributed by atoms with Gasteiger partial charge in [-0.15, -0.1) is 0 Å². The highest BCUT2D eigenvalue weighted by Gasteiger charge is 2.24. The van der Waals surface area contributed by atoms with Crippen LogP contribution in [0.5, 0.6) is 17.2 Å². The van der Waals surface area contributed by atoms with Crippen LogP contribution in [0.15, 0.2) is 93.2 Å². The fourth-order valence-electron chi connectivity index (χ4n) is 3.72. The molecular formula is C32H36O6. The summed E-state index contributed by atoms with van der Waals surface area (Å²) in [5, 5.41) is 0.443. The molecular weight excluding hydrogens is 480 g/mol. The number of benzene rings is 2. The summed E-state index contributed by atoms with van der Waals surface area (Å²) < 4.78 is 23.3. The van der Waals surface area contributed by atoms with E-state index in [9.17, 15) is 9.59 Å². The van der Waals surface area contributed by atoms with E-state index < -0.39 is 11.6 Å². The van der Waals surface area contributed by atoms with Crippen LogP contribution in [-0.2, 0) is 0 Å². The van der Waals surface area contributed by atoms with Crippen molar-refractivity contribution >= 4 is 16.9 Å². The molecule has 0 fully saturated rings. The monoisotopic (exact) mass is 516 g/mol. The van der Waals surface area contributed by atoms with E-state index in [1.165, 1.54) is 5.57 Å². The molecule has 3 aromatic rings. The number of carbonyl (C=O) groups excluding carboxylic acids is 1. The van der Waals surface area contributed by atoms with Crippen LogP contribution in [0.25, 0.3) is 11.0 Å². The lowest BCUT2D eigenvalue weighted by atomic mass is 10.1. The van der Waals surface area contributed by atoms with Crippen molar-refractivity contribution in [2.75, 3.05) is 13.2 Å². The summed E-state index contributed by atoms with van der Waals surface area (Å²) in [7, 11) is 0. The van der Waals surface area contributed by atoms with Crippen LogP contribution in [0, 0.1) is 0 Å². The largest absolute Gasteiger partial charge is 0.492 e. The van der Waals surface area contributed by atoms with Crippen LogP contribution in [0.2, 0.25) is 0 Å². The minimum Gasteiger partial charge on any atom is -0.492 e. The predicted molar refractivity (Wildman–Crippen MR) is 151 cm³/mol. The first kappa shape index (κ1) is 28.5. The molecule has 0 aliphatic carbocycles. The Balaban J connectivity index is 1.98. The number of fused-ring (bicyclic) bond motifs is 1. The zero-order valence-corrected chi connectivity index (χ0v) is 22.6. The first-order valence-corrected chi connectivity index (χ1v) is 13.0. The van der Waals surface area contributed by atoms with Gasteiger partial charge < -0.3 is 18.6 Å². The minimum atomic E-state index is -0.802. The maximum absolute atomic E-state index is 13.0. The van der Waals surface area contributed by atoms with Gasteiger partial charge in [0.05, 0.1) is 12.2 Å². The lowest BCUT2D eigenvalue weighted by molar-refractivity contribution is 0.0722. The summed E-state index contributed by atoms with van der Waals surface area (Å²) in [6.45, 7) is 8.87. The van der Waals surface area contributed by atoms with Gasteiger partial charge in [-0.2, -0.15) is 0 Å². The van der Waals surface area contributed by atoms with Crippen molar-refractivity contribution in [3.05, 3.63) is 100.0 Å². The Hall–Kier alpha value is -4.06. The van der Waals surface area contributed by atoms with E-state index in [2.05, 4.69) is 39.0 Å². The second-order valence-corrected chi connectivity index (χ2v) is 9.13. The zero-order chi connectivity index (χ0) is 27.3. The Bertz CT molecular complexity index is 1360. The highest BCUT2D eigenvalue weighted by molar-refractivity contribution is 5.95. The van der Waals surface area contributed by atoms with E-state index in [1.54, 1.807) is 48.5 Å². The van der Waals surface area contributed by atoms with Gasteiger partial charge in [0.15, 0.2) is 5.75 Å². The third-order valence-electron chi connectivity index (χ3n) is 5.71. The lowest BCUT2D eigenvalue weighted by Crippen LogP contribution is -2.16. The Morgan fingerprint density at radius 1 is 0.895 bits per heavy atom. The Morgan fingerprint density at radius 2 is 1.68 bits per heavy atom. The third kappa shape index (κ3) is 8.23. The highest BCUT2D eigenvalue weighted by atomic mass is 16.6. The van der Waals surface area contributed by atoms with E-state index in [0.717, 1.165) is 31.3 Å². The molecule has 0 spiro atoms. The smallest absolute Gasteiger partial charge is 0.383 e. The van der Waals surface area contributed by atoms with E-state index in [0.29, 0.717) is 23.3 Å². The van der Waals surface area contributed by atoms with Crippen molar-refractivity contribution < 1.29 is 23.4 Å². The number of ether oxygens (including phenoxy) is 3. The number of esters is 1. The number of rotatable bonds is 13. The second kappa shape index (κ2) is 14.6. The molecule has 0 aliphatic rings. The maximum Gasteiger partial charge on any atom is 0.383 e. The molecule has 1 heterocycles. The van der Waals surface area contributed by atoms with E-state index in [4.69, 9.17) is 18.6 Å². The molecule has 0 unspecified atom stereocenters. The van der Waals surface area contributed by atoms with Crippen molar-refractivity contribution in [3.63, 3.8) is 0 Å². The molecule has 6 nitrogen and oxygen atoms in total. The molecule has 3 rings (SSSR count). The third-order valence-corrected chi connectivity index (χ3v) is 5.71. The summed E-state index contributed by atoms with van der Waals surface area (Å²) >= 11 is 0. The van der Waals surface area contributed by atoms with Crippen molar-refractivity contribution in [2.45, 2.75) is 53.4 Å². The summed E-state index contributed by atoms with van der Waals surface area (Å²) in [5.41, 5.74) is 2.22. The van der Waals surface area contributed by atoms with Crippen molar-refractivity contribution in [2.24, 2.45) is 0 Å². The molecule has 200 valence electrons. The topological polar surface area (TPSA) is 75.0 Å². The highest BCUT2D eigenvalue weighted by Crippen LogP contribution is 2.39. The molecule has 0 aliphatic heterocycles. The van der Waals surface area contributed by atoms with Crippen LogP contribution < -0.4 is 19.8 Å². The number of allylic oxidation sites excluding steroid dienone is 4. The minimum absolute atomic E-state index is 0.119. The summed E-state index contributed by atoms with van der Waals surface area (Å²) in [6, 6.07) is 13.7. The van der Waals surface area contributed by atoms with Crippen molar-refractivity contribution in [1.82, 2.24) is 0 Å². The van der Waals surface area contributed by atoms with E-state index in [1.807, 2.05) is 13.0 Å². The summed E-state index contributed by atoms with van der Waals surface area (Å²) in [6.07, 6.45) is 11.8. The molecule has 0 radical (unpaired) electrons. The quantitative estimate of drug-likeness (QED) is 0.0998. The second-order valence-electron chi connectivity index (χ2n) is 9.13. The first-order valence-electron chi connectivity index (χ1n) is 13.0. The SMILES string of the molecule is CC/C=C/CCOc1cccc2oc(=O)c(OC(=O)c3ccccc3)c(OC/C=C(\C)CCC=C(C)C)c12. The maximum atomic E-state index is 13.0. The average molecular weight is 517 g/mol. The van der Waals surface area contributed by atoms with Gasteiger partial charge in [0.25, 0.3) is 5.75 Å². The van der Waals surface area contributed by atoms with Crippen LogP contribution >= 0.6 is 0 Å². The number of hydrogen-bond donors (Lipinski definition) is 0. The normalized spacial score (nSPS) is 11.5. The van der Waals surface area contributed by atoms with Gasteiger partial charge in [0.1, 0.15) is 23.3 Å². The molecule has 0 atom stereocenters. The lowest BCUT2D eigenvalue weighted by Gasteiger charge is -2.15. The van der Waals surface area contributed by atoms with Gasteiger partial charge in [0, 0.05) is 0 Å². The van der Waals surface area contributed by atoms with Crippen LogP contribution in [0.4, 0.5) is 0 Å². The molecule has 0 saturated carbocycles. The van der Waals surface area contributed by atoms with Crippen molar-refractivity contribution in [1.29, 1.82) is 0 Å². The van der Waals surface area contributed by atoms with Crippen LogP contribution in [0.1, 0.15) is 63.7 Å². The average Bonchev–Trinajstić information content (AvgIpc) is 2.90. The molecule has 38 heavy (non-hydrogen) atoms. The first-order chi connectivity index (χ1) is 18.4. The van der Waals surface area contributed by atoms with Gasteiger partial charge in [-0.25, -0.2) is 9.59 Å². The molecule has 0 saturated heterocycles. The van der Waals surface area contributed by atoms with Crippen LogP contribution in [-0.4, -0.2) is 19.2 Å². The Labute approximate surface area is 224 Å². The van der Waals surface area contributed by atoms with Gasteiger partial charge >= 0.3 is 11.6 Å². The summed E-state index contributed by atoms with van der Waals surface area (Å²) in [5.74, 6) is -0.386. The molecule has 0 amide bonds. The molecule has 1 aromatic heterocycles. The fourth-order valence-corrected chi connectivity index (χ4v) is 3.72. The predicted octanol–water partition coefficient (Wildman–Crippen LogP) is 7.82. The van der Waals surface area contributed by atoms with E-state index in [-0.39, 0.29) is 23.7 Å². The van der Waals surface area contributed by atoms with Gasteiger partial charge in [-0.1, -0.05) is 60.6 Å². The zero-order valence-electron chi connectivity index (χ0n) is 22.6. The molecule has 2 aromatic carbocycles. The van der Waals surface area contributed by atoms with Gasteiger partial charge in [-0.05, 0) is 76.8 Å². The molecule has 0 N–H and O–H groups in total.